The second kappa shape index (κ2) is 12.4. The summed E-state index contributed by atoms with van der Waals surface area (Å²) in [5, 5.41) is 0. The molecule has 32 heavy (non-hydrogen) atoms. The maximum Gasteiger partial charge on any atom is 0.214 e. The Hall–Kier alpha value is -2.72. The molecule has 0 aromatic heterocycles. The van der Waals surface area contributed by atoms with Gasteiger partial charge in [0.15, 0.2) is 0 Å². The first kappa shape index (κ1) is 23.9. The van der Waals surface area contributed by atoms with E-state index in [-0.39, 0.29) is 5.83 Å². The topological polar surface area (TPSA) is 23.6 Å². The molecule has 0 N–H and O–H groups in total. The van der Waals surface area contributed by atoms with Gasteiger partial charge in [0.05, 0.1) is 5.83 Å². The summed E-state index contributed by atoms with van der Waals surface area (Å²) in [5.74, 6) is 0.452. The van der Waals surface area contributed by atoms with Crippen molar-refractivity contribution in [2.24, 2.45) is 5.92 Å². The van der Waals surface area contributed by atoms with Crippen LogP contribution in [0.25, 0.3) is 0 Å². The predicted molar refractivity (Wildman–Crippen MR) is 131 cm³/mol. The third-order valence-electron chi connectivity index (χ3n) is 6.23. The Labute approximate surface area is 192 Å². The van der Waals surface area contributed by atoms with E-state index >= 15 is 0 Å². The normalized spacial score (nSPS) is 15.9. The molecule has 3 rings (SSSR count). The van der Waals surface area contributed by atoms with Gasteiger partial charge >= 0.3 is 0 Å². The zero-order chi connectivity index (χ0) is 22.8. The fraction of sp³-hybridized carbons (Fsp3) is 0.393. The number of hydrogen-bond acceptors (Lipinski definition) is 2. The minimum Gasteiger partial charge on any atom is -0.315 e. The molecule has 1 aliphatic rings. The van der Waals surface area contributed by atoms with Gasteiger partial charge in [-0.1, -0.05) is 60.2 Å². The zero-order valence-electron chi connectivity index (χ0n) is 19.3. The largest absolute Gasteiger partial charge is 0.315 e. The molecular formula is C28H35FN2O. The molecule has 0 unspecified atom stereocenters. The van der Waals surface area contributed by atoms with Crippen molar-refractivity contribution in [3.8, 4) is 0 Å². The van der Waals surface area contributed by atoms with Crippen molar-refractivity contribution in [1.82, 2.24) is 4.90 Å². The number of amides is 1. The summed E-state index contributed by atoms with van der Waals surface area (Å²) in [6.07, 6.45) is 9.82. The Kier molecular flexibility index (Phi) is 9.24. The molecule has 4 heteroatoms. The van der Waals surface area contributed by atoms with Gasteiger partial charge in [-0.25, -0.2) is 4.39 Å². The van der Waals surface area contributed by atoms with E-state index in [1.165, 1.54) is 22.8 Å². The van der Waals surface area contributed by atoms with Gasteiger partial charge in [0.1, 0.15) is 0 Å². The Morgan fingerprint density at radius 2 is 1.69 bits per heavy atom. The minimum atomic E-state index is -0.0885. The lowest BCUT2D eigenvalue weighted by molar-refractivity contribution is -0.107. The number of piperidine rings is 1. The third kappa shape index (κ3) is 7.45. The average Bonchev–Trinajstić information content (AvgIpc) is 2.83. The molecule has 0 saturated carbocycles. The summed E-state index contributed by atoms with van der Waals surface area (Å²) in [5.41, 5.74) is 4.76. The van der Waals surface area contributed by atoms with Crippen molar-refractivity contribution in [2.75, 3.05) is 24.5 Å². The van der Waals surface area contributed by atoms with Gasteiger partial charge in [-0.05, 0) is 75.4 Å². The first-order valence-corrected chi connectivity index (χ1v) is 11.6. The molecule has 1 heterocycles. The molecule has 0 radical (unpaired) electrons. The second-order valence-electron chi connectivity index (χ2n) is 8.74. The standard InChI is InChI=1S/C28H35FN2O/c1-3-27(29)7-5-4-6-24-10-12-25(13-11-24)20-30-18-16-26(17-19-30)21-31(22-32)28-14-8-23(2)9-15-28/h3-5,8-15,22,26H,6-7,16-21H2,1-2H3/b5-4-,27-3+. The van der Waals surface area contributed by atoms with Crippen LogP contribution in [0.5, 0.6) is 0 Å². The highest BCUT2D eigenvalue weighted by Crippen LogP contribution is 2.23. The average molecular weight is 435 g/mol. The van der Waals surface area contributed by atoms with E-state index in [1.807, 2.05) is 29.2 Å². The highest BCUT2D eigenvalue weighted by molar-refractivity contribution is 5.75. The Bertz CT molecular complexity index is 894. The van der Waals surface area contributed by atoms with E-state index in [2.05, 4.69) is 48.2 Å². The number of benzene rings is 2. The first-order valence-electron chi connectivity index (χ1n) is 11.6. The van der Waals surface area contributed by atoms with Gasteiger partial charge in [0, 0.05) is 25.2 Å². The van der Waals surface area contributed by atoms with Gasteiger partial charge < -0.3 is 4.90 Å². The first-order chi connectivity index (χ1) is 15.6. The summed E-state index contributed by atoms with van der Waals surface area (Å²) >= 11 is 0. The smallest absolute Gasteiger partial charge is 0.214 e. The van der Waals surface area contributed by atoms with E-state index in [1.54, 1.807) is 6.92 Å². The molecule has 1 aliphatic heterocycles. The van der Waals surface area contributed by atoms with Crippen LogP contribution in [-0.4, -0.2) is 30.9 Å². The van der Waals surface area contributed by atoms with Gasteiger partial charge in [-0.2, -0.15) is 0 Å². The van der Waals surface area contributed by atoms with Crippen molar-refractivity contribution in [2.45, 2.75) is 46.1 Å². The van der Waals surface area contributed by atoms with Crippen LogP contribution in [0.4, 0.5) is 10.1 Å². The number of nitrogens with zero attached hydrogens (tertiary/aromatic N) is 2. The number of carbonyl (C=O) groups excluding carboxylic acids is 1. The maximum atomic E-state index is 13.1. The number of hydrogen-bond donors (Lipinski definition) is 0. The maximum absolute atomic E-state index is 13.1. The molecule has 0 atom stereocenters. The van der Waals surface area contributed by atoms with Crippen molar-refractivity contribution in [3.63, 3.8) is 0 Å². The SMILES string of the molecule is C/C=C(/F)C/C=C\Cc1ccc(CN2CCC(CN(C=O)c3ccc(C)cc3)CC2)cc1. The van der Waals surface area contributed by atoms with Gasteiger partial charge in [-0.15, -0.1) is 0 Å². The molecule has 2 aromatic carbocycles. The molecule has 3 nitrogen and oxygen atoms in total. The highest BCUT2D eigenvalue weighted by atomic mass is 19.1. The van der Waals surface area contributed by atoms with E-state index in [0.29, 0.717) is 12.3 Å². The molecular weight excluding hydrogens is 399 g/mol. The molecule has 1 fully saturated rings. The highest BCUT2D eigenvalue weighted by Gasteiger charge is 2.21. The number of aryl methyl sites for hydroxylation is 1. The van der Waals surface area contributed by atoms with Crippen LogP contribution in [-0.2, 0) is 17.8 Å². The molecule has 170 valence electrons. The van der Waals surface area contributed by atoms with Gasteiger partial charge in [0.2, 0.25) is 6.41 Å². The van der Waals surface area contributed by atoms with Crippen molar-refractivity contribution < 1.29 is 9.18 Å². The molecule has 1 saturated heterocycles. The molecule has 0 aliphatic carbocycles. The molecule has 0 bridgehead atoms. The fourth-order valence-electron chi connectivity index (χ4n) is 4.12. The zero-order valence-corrected chi connectivity index (χ0v) is 19.3. The minimum absolute atomic E-state index is 0.0885. The summed E-state index contributed by atoms with van der Waals surface area (Å²) in [4.78, 5) is 16.0. The number of likely N-dealkylation sites (tertiary alicyclic amines) is 1. The lowest BCUT2D eigenvalue weighted by Gasteiger charge is -2.34. The number of halogens is 1. The lowest BCUT2D eigenvalue weighted by Crippen LogP contribution is -2.38. The van der Waals surface area contributed by atoms with Crippen LogP contribution >= 0.6 is 0 Å². The molecule has 2 aromatic rings. The number of anilines is 1. The lowest BCUT2D eigenvalue weighted by atomic mass is 9.95. The Morgan fingerprint density at radius 3 is 2.31 bits per heavy atom. The molecule has 0 spiro atoms. The second-order valence-corrected chi connectivity index (χ2v) is 8.74. The number of rotatable bonds is 10. The van der Waals surface area contributed by atoms with Crippen LogP contribution < -0.4 is 4.90 Å². The van der Waals surface area contributed by atoms with Crippen molar-refractivity contribution >= 4 is 12.1 Å². The quantitative estimate of drug-likeness (QED) is 0.327. The summed E-state index contributed by atoms with van der Waals surface area (Å²) in [6, 6.07) is 16.9. The fourth-order valence-corrected chi connectivity index (χ4v) is 4.12. The van der Waals surface area contributed by atoms with E-state index < -0.39 is 0 Å². The van der Waals surface area contributed by atoms with E-state index in [4.69, 9.17) is 0 Å². The Balaban J connectivity index is 1.42. The Morgan fingerprint density at radius 1 is 1.03 bits per heavy atom. The third-order valence-corrected chi connectivity index (χ3v) is 6.23. The predicted octanol–water partition coefficient (Wildman–Crippen LogP) is 6.23. The van der Waals surface area contributed by atoms with E-state index in [9.17, 15) is 9.18 Å². The van der Waals surface area contributed by atoms with Crippen LogP contribution in [0.3, 0.4) is 0 Å². The van der Waals surface area contributed by atoms with Gasteiger partial charge in [0.25, 0.3) is 0 Å². The summed E-state index contributed by atoms with van der Waals surface area (Å²) < 4.78 is 13.1. The van der Waals surface area contributed by atoms with Crippen molar-refractivity contribution in [1.29, 1.82) is 0 Å². The van der Waals surface area contributed by atoms with Crippen molar-refractivity contribution in [3.05, 3.63) is 89.3 Å². The van der Waals surface area contributed by atoms with Crippen LogP contribution in [0.2, 0.25) is 0 Å². The summed E-state index contributed by atoms with van der Waals surface area (Å²) in [7, 11) is 0. The number of allylic oxidation sites excluding steroid dienone is 4. The number of carbonyl (C=O) groups is 1. The monoisotopic (exact) mass is 434 g/mol. The van der Waals surface area contributed by atoms with Gasteiger partial charge in [-0.3, -0.25) is 9.69 Å². The summed E-state index contributed by atoms with van der Waals surface area (Å²) in [6.45, 7) is 7.66. The molecule has 1 amide bonds. The van der Waals surface area contributed by atoms with Crippen LogP contribution in [0.15, 0.2) is 72.6 Å². The van der Waals surface area contributed by atoms with Crippen LogP contribution in [0.1, 0.15) is 42.9 Å². The van der Waals surface area contributed by atoms with Crippen LogP contribution in [0, 0.1) is 12.8 Å². The van der Waals surface area contributed by atoms with E-state index in [0.717, 1.165) is 57.5 Å².